The maximum Gasteiger partial charge on any atom is 0.323 e. The fourth-order valence-electron chi connectivity index (χ4n) is 2.49. The number of carbonyl (C=O) groups is 2. The molecule has 142 valence electrons. The molecule has 4 nitrogen and oxygen atoms in total. The van der Waals surface area contributed by atoms with E-state index in [2.05, 4.69) is 23.7 Å². The highest BCUT2D eigenvalue weighted by Crippen LogP contribution is 2.11. The molecule has 4 heteroatoms. The summed E-state index contributed by atoms with van der Waals surface area (Å²) >= 11 is 0. The van der Waals surface area contributed by atoms with Gasteiger partial charge in [0.15, 0.2) is 0 Å². The first-order valence-electron chi connectivity index (χ1n) is 11.0. The monoisotopic (exact) mass is 378 g/mol. The molecule has 28 heavy (non-hydrogen) atoms. The van der Waals surface area contributed by atoms with Crippen molar-refractivity contribution in [3.05, 3.63) is 70.8 Å². The molecular weight excluding hydrogens is 350 g/mol. The number of hydrogen-bond acceptors (Lipinski definition) is 2. The minimum absolute atomic E-state index is 0.0185. The van der Waals surface area contributed by atoms with Crippen molar-refractivity contribution >= 4 is 11.9 Å². The largest absolute Gasteiger partial charge is 0.480 e. The zero-order valence-electron chi connectivity index (χ0n) is 20.5. The van der Waals surface area contributed by atoms with Crippen molar-refractivity contribution in [1.29, 1.82) is 0 Å². The molecule has 1 N–H and O–H groups in total. The average Bonchev–Trinajstić information content (AvgIpc) is 2.72. The molecule has 0 bridgehead atoms. The molecule has 2 aromatic rings. The van der Waals surface area contributed by atoms with Crippen LogP contribution >= 0.6 is 0 Å². The quantitative estimate of drug-likeness (QED) is 0.751. The van der Waals surface area contributed by atoms with Gasteiger partial charge in [0.2, 0.25) is 5.91 Å². The molecule has 2 rings (SSSR count). The second-order valence-electron chi connectivity index (χ2n) is 5.90. The lowest BCUT2D eigenvalue weighted by Gasteiger charge is -2.21. The van der Waals surface area contributed by atoms with E-state index >= 15 is 0 Å². The Morgan fingerprint density at radius 2 is 1.57 bits per heavy atom. The average molecular weight is 378 g/mol. The zero-order chi connectivity index (χ0) is 24.6. The first kappa shape index (κ1) is 14.5. The molecule has 0 aromatic heterocycles. The van der Waals surface area contributed by atoms with Crippen molar-refractivity contribution in [2.75, 3.05) is 6.54 Å². The molecule has 2 aromatic carbocycles. The van der Waals surface area contributed by atoms with Crippen LogP contribution in [0.4, 0.5) is 0 Å². The van der Waals surface area contributed by atoms with E-state index in [-0.39, 0.29) is 12.1 Å². The number of rotatable bonds is 7. The normalized spacial score (nSPS) is 13.1. The summed E-state index contributed by atoms with van der Waals surface area (Å²) in [5, 5.41) is 9.22. The number of aliphatic carboxylic acids is 1. The highest BCUT2D eigenvalue weighted by atomic mass is 16.4. The van der Waals surface area contributed by atoms with Gasteiger partial charge in [0, 0.05) is 30.9 Å². The summed E-state index contributed by atoms with van der Waals surface area (Å²) in [5.74, 6) is 8.46. The van der Waals surface area contributed by atoms with Crippen molar-refractivity contribution < 1.29 is 21.5 Å². The van der Waals surface area contributed by atoms with E-state index in [0.717, 1.165) is 10.5 Å². The highest BCUT2D eigenvalue weighted by molar-refractivity contribution is 5.81. The molecule has 0 heterocycles. The number of carboxylic acid groups (broad SMARTS) is 1. The van der Waals surface area contributed by atoms with E-state index in [4.69, 9.17) is 6.85 Å². The maximum absolute atomic E-state index is 12.8. The molecular formula is C24H23NO3. The van der Waals surface area contributed by atoms with Gasteiger partial charge in [-0.25, -0.2) is 0 Å². The van der Waals surface area contributed by atoms with E-state index in [1.807, 2.05) is 0 Å². The Morgan fingerprint density at radius 1 is 1.00 bits per heavy atom. The summed E-state index contributed by atoms with van der Waals surface area (Å²) < 4.78 is 38.0. The van der Waals surface area contributed by atoms with Gasteiger partial charge >= 0.3 is 5.97 Å². The van der Waals surface area contributed by atoms with Gasteiger partial charge in [-0.2, -0.15) is 0 Å². The maximum atomic E-state index is 12.8. The minimum atomic E-state index is -2.39. The number of aryl methyl sites for hydroxylation is 1. The number of hydrogen-bond donors (Lipinski definition) is 1. The van der Waals surface area contributed by atoms with Gasteiger partial charge in [-0.3, -0.25) is 9.59 Å². The third-order valence-electron chi connectivity index (χ3n) is 3.81. The Hall–Kier alpha value is -3.50. The molecule has 0 aliphatic heterocycles. The SMILES string of the molecule is [2H]C([2H])([2H])C#Cc1ccc(C([2H])([2H])CC(=O)N(CC(=O)O)Cc2ccc(C#CC)cc2)cc1. The van der Waals surface area contributed by atoms with E-state index in [0.29, 0.717) is 11.1 Å². The van der Waals surface area contributed by atoms with Gasteiger partial charge in [0.25, 0.3) is 0 Å². The summed E-state index contributed by atoms with van der Waals surface area (Å²) in [6.07, 6.45) is -2.62. The van der Waals surface area contributed by atoms with Crippen LogP contribution in [-0.4, -0.2) is 28.4 Å². The van der Waals surface area contributed by atoms with Crippen LogP contribution in [0.5, 0.6) is 0 Å². The van der Waals surface area contributed by atoms with E-state index in [1.54, 1.807) is 31.2 Å². The van der Waals surface area contributed by atoms with Crippen molar-refractivity contribution in [2.24, 2.45) is 0 Å². The van der Waals surface area contributed by atoms with Gasteiger partial charge in [0.05, 0.1) is 0 Å². The summed E-state index contributed by atoms with van der Waals surface area (Å²) in [6, 6.07) is 12.9. The van der Waals surface area contributed by atoms with Crippen LogP contribution < -0.4 is 0 Å². The molecule has 0 fully saturated rings. The lowest BCUT2D eigenvalue weighted by atomic mass is 10.1. The standard InChI is InChI=1S/C24H23NO3/c1-3-5-19-7-9-21(10-8-19)15-16-23(26)25(18-24(27)28)17-22-13-11-20(6-4-2)12-14-22/h7-14H,15-18H2,1-2H3,(H,27,28)/i1D3,15D2. The van der Waals surface area contributed by atoms with Crippen molar-refractivity contribution in [3.8, 4) is 23.7 Å². The lowest BCUT2D eigenvalue weighted by molar-refractivity contribution is -0.144. The molecule has 0 saturated carbocycles. The Balaban J connectivity index is 2.16. The fraction of sp³-hybridized carbons (Fsp3) is 0.250. The predicted molar refractivity (Wildman–Crippen MR) is 109 cm³/mol. The zero-order valence-corrected chi connectivity index (χ0v) is 15.5. The molecule has 0 atom stereocenters. The van der Waals surface area contributed by atoms with Crippen LogP contribution in [0, 0.1) is 23.7 Å². The molecule has 0 radical (unpaired) electrons. The summed E-state index contributed by atoms with van der Waals surface area (Å²) in [7, 11) is 0. The van der Waals surface area contributed by atoms with Crippen LogP contribution in [0.2, 0.25) is 0 Å². The van der Waals surface area contributed by atoms with Crippen LogP contribution in [-0.2, 0) is 22.5 Å². The van der Waals surface area contributed by atoms with E-state index in [9.17, 15) is 14.7 Å². The van der Waals surface area contributed by atoms with Crippen molar-refractivity contribution in [2.45, 2.75) is 33.1 Å². The van der Waals surface area contributed by atoms with Gasteiger partial charge < -0.3 is 10.0 Å². The molecule has 0 spiro atoms. The molecule has 0 saturated heterocycles. The molecule has 1 amide bonds. The summed E-state index contributed by atoms with van der Waals surface area (Å²) in [4.78, 5) is 25.2. The molecule has 0 aliphatic rings. The number of nitrogens with zero attached hydrogens (tertiary/aromatic N) is 1. The molecule has 0 aliphatic carbocycles. The number of carbonyl (C=O) groups excluding carboxylic acids is 1. The number of carboxylic acids is 1. The van der Waals surface area contributed by atoms with Gasteiger partial charge in [0.1, 0.15) is 6.54 Å². The summed E-state index contributed by atoms with van der Waals surface area (Å²) in [6.45, 7) is -1.22. The topological polar surface area (TPSA) is 57.6 Å². The third kappa shape index (κ3) is 6.67. The Labute approximate surface area is 173 Å². The second kappa shape index (κ2) is 10.6. The van der Waals surface area contributed by atoms with E-state index in [1.165, 1.54) is 24.3 Å². The summed E-state index contributed by atoms with van der Waals surface area (Å²) in [5.41, 5.74) is 2.10. The number of amides is 1. The smallest absolute Gasteiger partial charge is 0.323 e. The lowest BCUT2D eigenvalue weighted by Crippen LogP contribution is -2.35. The first-order valence-corrected chi connectivity index (χ1v) is 8.54. The fourth-order valence-corrected chi connectivity index (χ4v) is 2.49. The molecule has 0 unspecified atom stereocenters. The Bertz CT molecular complexity index is 1120. The van der Waals surface area contributed by atoms with Crippen molar-refractivity contribution in [3.63, 3.8) is 0 Å². The van der Waals surface area contributed by atoms with E-state index < -0.39 is 38.1 Å². The Morgan fingerprint density at radius 3 is 2.11 bits per heavy atom. The third-order valence-corrected chi connectivity index (χ3v) is 3.81. The van der Waals surface area contributed by atoms with Crippen LogP contribution in [0.15, 0.2) is 48.5 Å². The second-order valence-corrected chi connectivity index (χ2v) is 5.90. The minimum Gasteiger partial charge on any atom is -0.480 e. The number of benzene rings is 2. The van der Waals surface area contributed by atoms with Gasteiger partial charge in [-0.1, -0.05) is 36.1 Å². The predicted octanol–water partition coefficient (Wildman–Crippen LogP) is 3.48. The van der Waals surface area contributed by atoms with Crippen LogP contribution in [0.1, 0.15) is 49.3 Å². The highest BCUT2D eigenvalue weighted by Gasteiger charge is 2.17. The van der Waals surface area contributed by atoms with Crippen LogP contribution in [0.3, 0.4) is 0 Å². The van der Waals surface area contributed by atoms with Crippen molar-refractivity contribution in [1.82, 2.24) is 4.90 Å². The van der Waals surface area contributed by atoms with Crippen LogP contribution in [0.25, 0.3) is 0 Å². The Kier molecular flexibility index (Phi) is 5.51. The van der Waals surface area contributed by atoms with Gasteiger partial charge in [-0.05, 0) is 55.5 Å². The first-order chi connectivity index (χ1) is 15.4. The van der Waals surface area contributed by atoms with Gasteiger partial charge in [-0.15, -0.1) is 11.8 Å².